The van der Waals surface area contributed by atoms with Crippen LogP contribution in [0.15, 0.2) is 10.1 Å². The molecule has 1 N–H and O–H groups in total. The van der Waals surface area contributed by atoms with Gasteiger partial charge in [-0.05, 0) is 22.9 Å². The lowest BCUT2D eigenvalue weighted by Crippen LogP contribution is -1.77. The largest absolute Gasteiger partial charge is 0.282 e. The minimum Gasteiger partial charge on any atom is -0.282 e. The fourth-order valence-electron chi connectivity index (χ4n) is 0.880. The highest BCUT2D eigenvalue weighted by atomic mass is 79.9. The third kappa shape index (κ3) is 1.27. The number of rotatable bonds is 1. The zero-order valence-corrected chi connectivity index (χ0v) is 8.61. The molecule has 2 aromatic rings. The maximum absolute atomic E-state index is 3.98. The molecule has 0 unspecified atom stereocenters. The van der Waals surface area contributed by atoms with Gasteiger partial charge in [-0.25, -0.2) is 0 Å². The highest BCUT2D eigenvalue weighted by Gasteiger charge is 2.08. The van der Waals surface area contributed by atoms with Crippen LogP contribution in [0.4, 0.5) is 0 Å². The van der Waals surface area contributed by atoms with E-state index in [1.165, 1.54) is 11.3 Å². The molecular formula is C6H5BrN4S. The molecule has 0 bridgehead atoms. The van der Waals surface area contributed by atoms with Crippen molar-refractivity contribution in [2.45, 2.75) is 6.92 Å². The van der Waals surface area contributed by atoms with E-state index in [4.69, 9.17) is 0 Å². The number of halogens is 1. The zero-order valence-electron chi connectivity index (χ0n) is 6.21. The van der Waals surface area contributed by atoms with E-state index in [1.54, 1.807) is 6.20 Å². The number of hydrogen-bond acceptors (Lipinski definition) is 4. The van der Waals surface area contributed by atoms with Crippen molar-refractivity contribution in [3.05, 3.63) is 15.8 Å². The van der Waals surface area contributed by atoms with Crippen LogP contribution in [-0.2, 0) is 0 Å². The summed E-state index contributed by atoms with van der Waals surface area (Å²) in [5, 5.41) is 15.5. The number of aromatic amines is 1. The first-order valence-electron chi connectivity index (χ1n) is 3.26. The average Bonchev–Trinajstić information content (AvgIpc) is 2.58. The van der Waals surface area contributed by atoms with E-state index in [2.05, 4.69) is 36.3 Å². The third-order valence-corrected chi connectivity index (χ3v) is 2.85. The summed E-state index contributed by atoms with van der Waals surface area (Å²) in [5.74, 6) is 0. The van der Waals surface area contributed by atoms with Crippen molar-refractivity contribution in [1.29, 1.82) is 0 Å². The summed E-state index contributed by atoms with van der Waals surface area (Å²) in [5.41, 5.74) is 2.02. The first kappa shape index (κ1) is 7.88. The van der Waals surface area contributed by atoms with Crippen LogP contribution in [0.5, 0.6) is 0 Å². The third-order valence-electron chi connectivity index (χ3n) is 1.46. The second-order valence-corrected chi connectivity index (χ2v) is 4.52. The van der Waals surface area contributed by atoms with E-state index >= 15 is 0 Å². The molecule has 0 saturated carbocycles. The number of aryl methyl sites for hydroxylation is 1. The normalized spacial score (nSPS) is 10.5. The first-order chi connectivity index (χ1) is 5.77. The van der Waals surface area contributed by atoms with Crippen LogP contribution < -0.4 is 0 Å². The monoisotopic (exact) mass is 244 g/mol. The number of nitrogens with one attached hydrogen (secondary N) is 1. The Kier molecular flexibility index (Phi) is 1.93. The Bertz CT molecular complexity index is 394. The summed E-state index contributed by atoms with van der Waals surface area (Å²) in [7, 11) is 0. The predicted molar refractivity (Wildman–Crippen MR) is 49.9 cm³/mol. The Labute approximate surface area is 81.2 Å². The SMILES string of the molecule is Cc1[nH]ncc1-c1nnc(Br)s1. The molecule has 0 atom stereocenters. The Morgan fingerprint density at radius 2 is 2.33 bits per heavy atom. The van der Waals surface area contributed by atoms with Gasteiger partial charge in [-0.3, -0.25) is 5.10 Å². The minimum absolute atomic E-state index is 0.790. The number of hydrogen-bond donors (Lipinski definition) is 1. The minimum atomic E-state index is 0.790. The van der Waals surface area contributed by atoms with Crippen LogP contribution >= 0.6 is 27.3 Å². The van der Waals surface area contributed by atoms with Crippen LogP contribution in [-0.4, -0.2) is 20.4 Å². The van der Waals surface area contributed by atoms with Gasteiger partial charge in [-0.1, -0.05) is 11.3 Å². The smallest absolute Gasteiger partial charge is 0.183 e. The fourth-order valence-corrected chi connectivity index (χ4v) is 2.06. The quantitative estimate of drug-likeness (QED) is 0.835. The molecule has 2 heterocycles. The van der Waals surface area contributed by atoms with Gasteiger partial charge < -0.3 is 0 Å². The molecule has 62 valence electrons. The fraction of sp³-hybridized carbons (Fsp3) is 0.167. The standard InChI is InChI=1S/C6H5BrN4S/c1-3-4(2-8-9-3)5-10-11-6(7)12-5/h2H,1H3,(H,8,9). The van der Waals surface area contributed by atoms with Crippen LogP contribution in [0.3, 0.4) is 0 Å². The lowest BCUT2D eigenvalue weighted by molar-refractivity contribution is 1.05. The Morgan fingerprint density at radius 3 is 2.83 bits per heavy atom. The molecule has 0 saturated heterocycles. The Hall–Kier alpha value is -0.750. The van der Waals surface area contributed by atoms with Crippen molar-refractivity contribution in [1.82, 2.24) is 20.4 Å². The Balaban J connectivity index is 2.50. The van der Waals surface area contributed by atoms with Gasteiger partial charge in [-0.15, -0.1) is 10.2 Å². The maximum Gasteiger partial charge on any atom is 0.183 e. The van der Waals surface area contributed by atoms with Crippen molar-refractivity contribution in [3.63, 3.8) is 0 Å². The molecule has 0 aromatic carbocycles. The summed E-state index contributed by atoms with van der Waals surface area (Å²) in [6.45, 7) is 1.96. The molecule has 0 aliphatic rings. The molecule has 6 heteroatoms. The van der Waals surface area contributed by atoms with Gasteiger partial charge in [0.15, 0.2) is 8.92 Å². The van der Waals surface area contributed by atoms with Gasteiger partial charge in [0.1, 0.15) is 0 Å². The van der Waals surface area contributed by atoms with Gasteiger partial charge >= 0.3 is 0 Å². The molecule has 4 nitrogen and oxygen atoms in total. The van der Waals surface area contributed by atoms with Crippen molar-refractivity contribution in [3.8, 4) is 10.6 Å². The second-order valence-electron chi connectivity index (χ2n) is 2.27. The summed E-state index contributed by atoms with van der Waals surface area (Å²) in [4.78, 5) is 0. The molecular weight excluding hydrogens is 240 g/mol. The summed E-state index contributed by atoms with van der Waals surface area (Å²) >= 11 is 4.75. The summed E-state index contributed by atoms with van der Waals surface area (Å²) < 4.78 is 0.790. The number of H-pyrrole nitrogens is 1. The Morgan fingerprint density at radius 1 is 1.50 bits per heavy atom. The highest BCUT2D eigenvalue weighted by molar-refractivity contribution is 9.11. The summed E-state index contributed by atoms with van der Waals surface area (Å²) in [6.07, 6.45) is 1.75. The van der Waals surface area contributed by atoms with E-state index in [0.717, 1.165) is 20.2 Å². The average molecular weight is 245 g/mol. The molecule has 0 aliphatic heterocycles. The summed E-state index contributed by atoms with van der Waals surface area (Å²) in [6, 6.07) is 0. The molecule has 12 heavy (non-hydrogen) atoms. The topological polar surface area (TPSA) is 54.5 Å². The maximum atomic E-state index is 3.98. The number of aromatic nitrogens is 4. The van der Waals surface area contributed by atoms with Gasteiger partial charge in [0.2, 0.25) is 0 Å². The van der Waals surface area contributed by atoms with E-state index in [1.807, 2.05) is 6.92 Å². The highest BCUT2D eigenvalue weighted by Crippen LogP contribution is 2.27. The van der Waals surface area contributed by atoms with Crippen LogP contribution in [0, 0.1) is 6.92 Å². The molecule has 0 aliphatic carbocycles. The van der Waals surface area contributed by atoms with Crippen LogP contribution in [0.25, 0.3) is 10.6 Å². The van der Waals surface area contributed by atoms with E-state index in [-0.39, 0.29) is 0 Å². The van der Waals surface area contributed by atoms with Crippen molar-refractivity contribution in [2.75, 3.05) is 0 Å². The van der Waals surface area contributed by atoms with Crippen LogP contribution in [0.1, 0.15) is 5.69 Å². The molecule has 2 rings (SSSR count). The lowest BCUT2D eigenvalue weighted by Gasteiger charge is -1.87. The van der Waals surface area contributed by atoms with Gasteiger partial charge in [-0.2, -0.15) is 5.10 Å². The first-order valence-corrected chi connectivity index (χ1v) is 4.87. The van der Waals surface area contributed by atoms with Gasteiger partial charge in [0.05, 0.1) is 11.8 Å². The molecule has 0 spiro atoms. The predicted octanol–water partition coefficient (Wildman–Crippen LogP) is 2.00. The molecule has 0 fully saturated rings. The van der Waals surface area contributed by atoms with E-state index in [9.17, 15) is 0 Å². The lowest BCUT2D eigenvalue weighted by atomic mass is 10.3. The zero-order chi connectivity index (χ0) is 8.55. The van der Waals surface area contributed by atoms with Crippen molar-refractivity contribution in [2.24, 2.45) is 0 Å². The van der Waals surface area contributed by atoms with E-state index < -0.39 is 0 Å². The van der Waals surface area contributed by atoms with Gasteiger partial charge in [0, 0.05) is 5.69 Å². The van der Waals surface area contributed by atoms with Crippen LogP contribution in [0.2, 0.25) is 0 Å². The van der Waals surface area contributed by atoms with Gasteiger partial charge in [0.25, 0.3) is 0 Å². The number of nitrogens with zero attached hydrogens (tertiary/aromatic N) is 3. The molecule has 2 aromatic heterocycles. The molecule has 0 amide bonds. The second kappa shape index (κ2) is 2.95. The van der Waals surface area contributed by atoms with Crippen molar-refractivity contribution < 1.29 is 0 Å². The van der Waals surface area contributed by atoms with E-state index in [0.29, 0.717) is 0 Å². The molecule has 0 radical (unpaired) electrons. The van der Waals surface area contributed by atoms with Crippen molar-refractivity contribution >= 4 is 27.3 Å².